The molecule has 10 N–H and O–H groups in total. The summed E-state index contributed by atoms with van der Waals surface area (Å²) in [6.07, 6.45) is -2.24. The molecule has 0 aromatic heterocycles. The van der Waals surface area contributed by atoms with Crippen molar-refractivity contribution in [2.24, 2.45) is 35.1 Å². The highest BCUT2D eigenvalue weighted by Gasteiger charge is 2.46. The second-order valence-electron chi connectivity index (χ2n) is 18.2. The largest absolute Gasteiger partial charge is 0.508 e. The van der Waals surface area contributed by atoms with E-state index < -0.39 is 114 Å². The fourth-order valence-electron chi connectivity index (χ4n) is 7.40. The summed E-state index contributed by atoms with van der Waals surface area (Å²) in [6, 6.07) is -1.97. The van der Waals surface area contributed by atoms with Crippen LogP contribution in [-0.4, -0.2) is 129 Å². The molecule has 2 rings (SSSR count). The summed E-state index contributed by atoms with van der Waals surface area (Å²) >= 11 is 0. The number of aliphatic hydroxyl groups is 1. The molecule has 0 spiro atoms. The number of nitrogens with one attached hydrogen (secondary N) is 4. The molecular formula is C46H74N8O12. The van der Waals surface area contributed by atoms with E-state index in [0.717, 1.165) is 9.80 Å². The molecule has 1 aliphatic heterocycles. The molecule has 1 aromatic carbocycles. The summed E-state index contributed by atoms with van der Waals surface area (Å²) in [4.78, 5) is 123. The number of likely N-dealkylation sites (N-methyl/N-ethyl adjacent to an activating group) is 1. The van der Waals surface area contributed by atoms with Gasteiger partial charge in [0.1, 0.15) is 54.3 Å². The summed E-state index contributed by atoms with van der Waals surface area (Å²) in [5.41, 5.74) is 11.7. The van der Waals surface area contributed by atoms with E-state index in [2.05, 4.69) is 21.3 Å². The Hall–Kier alpha value is -5.79. The van der Waals surface area contributed by atoms with E-state index in [-0.39, 0.29) is 62.5 Å². The molecule has 8 amide bonds. The zero-order valence-electron chi connectivity index (χ0n) is 40.1. The smallest absolute Gasteiger partial charge is 0.306 e. The number of esters is 1. The topological polar surface area (TPSA) is 310 Å². The second kappa shape index (κ2) is 26.4. The molecule has 1 heterocycles. The van der Waals surface area contributed by atoms with E-state index in [0.29, 0.717) is 18.4 Å². The molecule has 10 atom stereocenters. The van der Waals surface area contributed by atoms with Gasteiger partial charge in [0, 0.05) is 32.2 Å². The number of aliphatic hydroxyl groups excluding tert-OH is 1. The Kier molecular flexibility index (Phi) is 22.5. The third-order valence-corrected chi connectivity index (χ3v) is 11.9. The van der Waals surface area contributed by atoms with Gasteiger partial charge in [-0.1, -0.05) is 80.4 Å². The van der Waals surface area contributed by atoms with Gasteiger partial charge in [-0.15, -0.1) is 0 Å². The number of carbonyl (C=O) groups excluding carboxylic acids is 9. The minimum absolute atomic E-state index is 0.00238. The third-order valence-electron chi connectivity index (χ3n) is 11.9. The summed E-state index contributed by atoms with van der Waals surface area (Å²) in [5.74, 6) is -8.17. The van der Waals surface area contributed by atoms with Crippen molar-refractivity contribution in [2.45, 2.75) is 169 Å². The number of hydrogen-bond donors (Lipinski definition) is 8. The van der Waals surface area contributed by atoms with Crippen LogP contribution in [0.1, 0.15) is 119 Å². The maximum Gasteiger partial charge on any atom is 0.306 e. The lowest BCUT2D eigenvalue weighted by atomic mass is 9.91. The predicted octanol–water partition coefficient (Wildman–Crippen LogP) is 0.877. The van der Waals surface area contributed by atoms with Crippen LogP contribution in [-0.2, 0) is 54.3 Å². The van der Waals surface area contributed by atoms with Crippen molar-refractivity contribution in [3.63, 3.8) is 0 Å². The van der Waals surface area contributed by atoms with Gasteiger partial charge in [-0.2, -0.15) is 0 Å². The maximum absolute atomic E-state index is 14.4. The molecule has 0 unspecified atom stereocenters. The van der Waals surface area contributed by atoms with Crippen LogP contribution in [0.4, 0.5) is 0 Å². The maximum atomic E-state index is 14.4. The Bertz CT molecular complexity index is 1860. The van der Waals surface area contributed by atoms with E-state index in [1.165, 1.54) is 26.1 Å². The average molecular weight is 931 g/mol. The van der Waals surface area contributed by atoms with Gasteiger partial charge in [-0.05, 0) is 68.1 Å². The standard InChI is InChI=1S/C46H74N8O12/c1-11-26(7)22-37(58)66-28(9)38(52-42(61)31(17-19-35(47)56)49-41(60)25(5)6)44(63)51-33(21-24(3)4)43(62)50-32-18-20-36(57)54(45(32)64)39(27(8)12-2)46(65)53(10)34(40(48)59)23-29-13-15-30(55)16-14-29/h13-16,24-28,31-34,36,38-39,55,57H,11-12,17-23H2,1-10H3,(H2,47,56)(H2,48,59)(H,49,60)(H,50,62)(H,51,63)(H,52,61)/t26-,27-,28+,31-,32-,33-,34-,36+,38-,39-/m0/s1. The van der Waals surface area contributed by atoms with Crippen molar-refractivity contribution < 1.29 is 58.1 Å². The number of phenolic OH excluding ortho intramolecular Hbond substituents is 1. The first kappa shape index (κ1) is 56.3. The number of benzene rings is 1. The van der Waals surface area contributed by atoms with Gasteiger partial charge in [-0.25, -0.2) is 0 Å². The molecule has 66 heavy (non-hydrogen) atoms. The van der Waals surface area contributed by atoms with Crippen molar-refractivity contribution in [1.82, 2.24) is 31.1 Å². The van der Waals surface area contributed by atoms with Crippen molar-refractivity contribution in [2.75, 3.05) is 7.05 Å². The number of hydrogen-bond acceptors (Lipinski definition) is 12. The van der Waals surface area contributed by atoms with E-state index in [1.54, 1.807) is 53.7 Å². The van der Waals surface area contributed by atoms with Gasteiger partial charge in [0.15, 0.2) is 0 Å². The lowest BCUT2D eigenvalue weighted by Crippen LogP contribution is -2.66. The Balaban J connectivity index is 2.47. The van der Waals surface area contributed by atoms with Gasteiger partial charge >= 0.3 is 5.97 Å². The number of nitrogens with zero attached hydrogens (tertiary/aromatic N) is 2. The molecule has 370 valence electrons. The molecule has 0 bridgehead atoms. The first-order chi connectivity index (χ1) is 30.8. The Morgan fingerprint density at radius 2 is 1.44 bits per heavy atom. The molecule has 0 aliphatic carbocycles. The number of nitrogens with two attached hydrogens (primary N) is 2. The van der Waals surface area contributed by atoms with Gasteiger partial charge in [0.25, 0.3) is 0 Å². The quantitative estimate of drug-likeness (QED) is 0.0601. The minimum atomic E-state index is -1.62. The van der Waals surface area contributed by atoms with Crippen molar-refractivity contribution in [1.29, 1.82) is 0 Å². The van der Waals surface area contributed by atoms with Crippen LogP contribution in [0, 0.1) is 23.7 Å². The number of primary amides is 2. The number of amides is 8. The van der Waals surface area contributed by atoms with Gasteiger partial charge < -0.3 is 57.5 Å². The number of phenols is 1. The first-order valence-electron chi connectivity index (χ1n) is 22.9. The van der Waals surface area contributed by atoms with Crippen LogP contribution >= 0.6 is 0 Å². The van der Waals surface area contributed by atoms with Crippen LogP contribution in [0.5, 0.6) is 5.75 Å². The van der Waals surface area contributed by atoms with Crippen molar-refractivity contribution in [3.8, 4) is 5.75 Å². The van der Waals surface area contributed by atoms with Crippen LogP contribution in [0.25, 0.3) is 0 Å². The summed E-state index contributed by atoms with van der Waals surface area (Å²) < 4.78 is 5.62. The number of ether oxygens (including phenoxy) is 1. The van der Waals surface area contributed by atoms with Gasteiger partial charge in [0.2, 0.25) is 47.3 Å². The van der Waals surface area contributed by atoms with E-state index in [9.17, 15) is 53.4 Å². The van der Waals surface area contributed by atoms with Crippen LogP contribution in [0.3, 0.4) is 0 Å². The summed E-state index contributed by atoms with van der Waals surface area (Å²) in [7, 11) is 1.37. The Labute approximate surface area is 388 Å². The van der Waals surface area contributed by atoms with Crippen LogP contribution in [0.15, 0.2) is 24.3 Å². The second-order valence-corrected chi connectivity index (χ2v) is 18.2. The predicted molar refractivity (Wildman–Crippen MR) is 243 cm³/mol. The number of carbonyl (C=O) groups is 9. The highest BCUT2D eigenvalue weighted by molar-refractivity contribution is 5.98. The Morgan fingerprint density at radius 1 is 0.833 bits per heavy atom. The molecule has 0 radical (unpaired) electrons. The van der Waals surface area contributed by atoms with Gasteiger partial charge in [0.05, 0.1) is 0 Å². The highest BCUT2D eigenvalue weighted by Crippen LogP contribution is 2.28. The fourth-order valence-corrected chi connectivity index (χ4v) is 7.40. The molecular weight excluding hydrogens is 857 g/mol. The molecule has 1 fully saturated rings. The van der Waals surface area contributed by atoms with Crippen molar-refractivity contribution in [3.05, 3.63) is 29.8 Å². The van der Waals surface area contributed by atoms with Gasteiger partial charge in [-0.3, -0.25) is 43.2 Å². The lowest BCUT2D eigenvalue weighted by molar-refractivity contribution is -0.168. The third kappa shape index (κ3) is 16.9. The SMILES string of the molecule is CC[C@H](C)CC(=O)O[C@H](C)[C@H](NC(=O)[C@H](CCC(N)=O)NC(=O)C(C)C)C(=O)N[C@@H](CC(C)C)C(=O)N[C@H]1CC[C@@H](O)N([C@H](C(=O)N(C)[C@@H](Cc2ccc(O)cc2)C(N)=O)[C@@H](C)CC)C1=O. The fraction of sp³-hybridized carbons (Fsp3) is 0.674. The first-order valence-corrected chi connectivity index (χ1v) is 22.9. The number of likely N-dealkylation sites (tertiary alicyclic amines) is 1. The van der Waals surface area contributed by atoms with E-state index >= 15 is 0 Å². The van der Waals surface area contributed by atoms with E-state index in [1.807, 2.05) is 13.8 Å². The van der Waals surface area contributed by atoms with E-state index in [4.69, 9.17) is 16.2 Å². The minimum Gasteiger partial charge on any atom is -0.508 e. The summed E-state index contributed by atoms with van der Waals surface area (Å²) in [6.45, 7) is 15.4. The van der Waals surface area contributed by atoms with Crippen LogP contribution < -0.4 is 32.7 Å². The molecule has 20 nitrogen and oxygen atoms in total. The average Bonchev–Trinajstić information content (AvgIpc) is 3.24. The van der Waals surface area contributed by atoms with Crippen LogP contribution in [0.2, 0.25) is 0 Å². The molecule has 0 saturated carbocycles. The summed E-state index contributed by atoms with van der Waals surface area (Å²) in [5, 5.41) is 31.5. The molecule has 20 heteroatoms. The number of rotatable bonds is 26. The molecule has 1 saturated heterocycles. The monoisotopic (exact) mass is 931 g/mol. The zero-order valence-corrected chi connectivity index (χ0v) is 40.1. The van der Waals surface area contributed by atoms with Crippen molar-refractivity contribution >= 4 is 53.2 Å². The number of piperidine rings is 1. The normalized spacial score (nSPS) is 18.7. The molecule has 1 aromatic rings. The highest BCUT2D eigenvalue weighted by atomic mass is 16.5. The molecule has 1 aliphatic rings. The Morgan fingerprint density at radius 3 is 1.97 bits per heavy atom. The lowest BCUT2D eigenvalue weighted by Gasteiger charge is -2.44. The number of aromatic hydroxyl groups is 1. The zero-order chi connectivity index (χ0) is 50.2.